The molecule has 2 N–H and O–H groups in total. The number of fused-ring (bicyclic) bond motifs is 2. The minimum absolute atomic E-state index is 0.00836. The molecule has 8 rings (SSSR count). The van der Waals surface area contributed by atoms with Gasteiger partial charge in [0.2, 0.25) is 6.20 Å². The maximum Gasteiger partial charge on any atom is 0.308 e. The molecule has 2 aliphatic carbocycles. The first-order valence-corrected chi connectivity index (χ1v) is 24.6. The molecule has 0 amide bonds. The molecule has 0 radical (unpaired) electrons. The summed E-state index contributed by atoms with van der Waals surface area (Å²) in [6, 6.07) is 14.6. The molecule has 15 nitrogen and oxygen atoms in total. The Morgan fingerprint density at radius 3 is 1.63 bits per heavy atom. The van der Waals surface area contributed by atoms with Gasteiger partial charge < -0.3 is 29.0 Å². The minimum atomic E-state index is -0.270. The third-order valence-corrected chi connectivity index (χ3v) is 13.7. The number of amidine groups is 1. The number of aliphatic imine (C=N–C) groups is 1. The van der Waals surface area contributed by atoms with Crippen LogP contribution in [0.1, 0.15) is 171 Å². The van der Waals surface area contributed by atoms with Crippen molar-refractivity contribution < 1.29 is 34.0 Å². The molecule has 15 heteroatoms. The maximum absolute atomic E-state index is 12.3. The van der Waals surface area contributed by atoms with Gasteiger partial charge >= 0.3 is 11.9 Å². The molecule has 3 aromatic heterocycles. The van der Waals surface area contributed by atoms with E-state index >= 15 is 0 Å². The molecule has 1 aliphatic heterocycles. The molecule has 0 saturated heterocycles. The number of phenolic OH excluding ortho intramolecular Hbond substituents is 1. The van der Waals surface area contributed by atoms with Crippen molar-refractivity contribution in [1.82, 2.24) is 34.4 Å². The molecular formula is C56H73N8O7+. The number of benzene rings is 2. The lowest BCUT2D eigenvalue weighted by Crippen LogP contribution is -2.36. The predicted octanol–water partition coefficient (Wildman–Crippen LogP) is 9.59. The molecule has 5 aromatic rings. The average Bonchev–Trinajstić information content (AvgIpc) is 3.97. The lowest BCUT2D eigenvalue weighted by molar-refractivity contribution is -0.144. The second-order valence-corrected chi connectivity index (χ2v) is 21.1. The molecule has 0 unspecified atom stereocenters. The van der Waals surface area contributed by atoms with Crippen LogP contribution in [-0.2, 0) is 61.0 Å². The standard InChI is InChI=1S/C28H36N4O3.C15H16N2O3.C13H20N2O/c1-7-34-23(33)16-22(26-29-14-15-32(26)6)19-8-10-21(11-9-19)35-18-20-17-30-24-25(31-20)28(4,5)13-12-27(24,2)3;1-3-20-14(19)10-13(15-16-8-9-17(15)2)11-4-6-12(18)7-5-11;1-12(2)5-6-13(3,4)11-10(12)14-7-9(8-16)15-11/h8-11,14-15,17,22H,7,12-13,16,18H2,1-6H3;4-7,9,13H,3,10H2,1-2H3;7,16H,5-6,8H2,1-4H3/p+1/t22-;13-;/m00./s1. The zero-order chi connectivity index (χ0) is 51.7. The number of carbonyl (C=O) groups excluding carboxylic acids is 2. The number of aryl methyl sites for hydroxylation is 1. The Morgan fingerprint density at radius 2 is 1.15 bits per heavy atom. The molecule has 0 bridgehead atoms. The summed E-state index contributed by atoms with van der Waals surface area (Å²) in [6.07, 6.45) is 16.6. The van der Waals surface area contributed by atoms with Gasteiger partial charge in [-0.15, -0.1) is 0 Å². The maximum atomic E-state index is 12.3. The summed E-state index contributed by atoms with van der Waals surface area (Å²) >= 11 is 0. The smallest absolute Gasteiger partial charge is 0.308 e. The molecule has 378 valence electrons. The first-order chi connectivity index (χ1) is 33.6. The zero-order valence-corrected chi connectivity index (χ0v) is 43.7. The van der Waals surface area contributed by atoms with Crippen molar-refractivity contribution in [2.45, 2.75) is 154 Å². The van der Waals surface area contributed by atoms with E-state index in [1.807, 2.05) is 67.1 Å². The molecule has 2 atom stereocenters. The van der Waals surface area contributed by atoms with Crippen LogP contribution in [0.5, 0.6) is 11.5 Å². The Morgan fingerprint density at radius 1 is 0.676 bits per heavy atom. The van der Waals surface area contributed by atoms with E-state index in [1.54, 1.807) is 49.8 Å². The van der Waals surface area contributed by atoms with Crippen LogP contribution in [0.4, 0.5) is 0 Å². The van der Waals surface area contributed by atoms with Gasteiger partial charge in [-0.2, -0.15) is 0 Å². The van der Waals surface area contributed by atoms with Crippen molar-refractivity contribution in [3.8, 4) is 11.5 Å². The normalized spacial score (nSPS) is 17.3. The first kappa shape index (κ1) is 53.8. The number of aromatic nitrogens is 6. The molecule has 0 spiro atoms. The van der Waals surface area contributed by atoms with Gasteiger partial charge in [0.15, 0.2) is 6.20 Å². The monoisotopic (exact) mass is 970 g/mol. The van der Waals surface area contributed by atoms with Crippen LogP contribution in [-0.4, -0.2) is 82.6 Å². The summed E-state index contributed by atoms with van der Waals surface area (Å²) in [4.78, 5) is 53.4. The number of hydrogen-bond donors (Lipinski definition) is 2. The van der Waals surface area contributed by atoms with Crippen molar-refractivity contribution in [3.63, 3.8) is 0 Å². The van der Waals surface area contributed by atoms with Crippen LogP contribution in [0.3, 0.4) is 0 Å². The van der Waals surface area contributed by atoms with Crippen LogP contribution in [0, 0.1) is 6.20 Å². The van der Waals surface area contributed by atoms with Gasteiger partial charge in [-0.25, -0.2) is 9.88 Å². The van der Waals surface area contributed by atoms with E-state index in [-0.39, 0.29) is 70.6 Å². The van der Waals surface area contributed by atoms with Gasteiger partial charge in [-0.05, 0) is 74.9 Å². The van der Waals surface area contributed by atoms with Crippen LogP contribution in [0.2, 0.25) is 0 Å². The van der Waals surface area contributed by atoms with Crippen LogP contribution < -0.4 is 4.74 Å². The Balaban J connectivity index is 0.000000193. The van der Waals surface area contributed by atoms with Gasteiger partial charge in [0.05, 0.1) is 85.1 Å². The summed E-state index contributed by atoms with van der Waals surface area (Å²) in [5.41, 5.74) is 7.96. The quantitative estimate of drug-likeness (QED) is 0.0792. The zero-order valence-electron chi connectivity index (χ0n) is 43.7. The number of nitrogens with zero attached hydrogens (tertiary/aromatic N) is 8. The number of phenols is 1. The van der Waals surface area contributed by atoms with Crippen LogP contribution in [0.15, 0.2) is 84.5 Å². The fourth-order valence-electron chi connectivity index (χ4n) is 9.17. The summed E-state index contributed by atoms with van der Waals surface area (Å²) < 4.78 is 18.2. The second-order valence-electron chi connectivity index (χ2n) is 21.1. The van der Waals surface area contributed by atoms with E-state index < -0.39 is 0 Å². The Labute approximate surface area is 419 Å². The van der Waals surface area contributed by atoms with E-state index in [9.17, 15) is 14.7 Å². The highest BCUT2D eigenvalue weighted by Crippen LogP contribution is 2.45. The minimum Gasteiger partial charge on any atom is -0.508 e. The second kappa shape index (κ2) is 22.7. The topological polar surface area (TPSA) is 187 Å². The molecule has 4 heterocycles. The number of aliphatic hydroxyl groups is 1. The van der Waals surface area contributed by atoms with Crippen LogP contribution >= 0.6 is 0 Å². The number of aromatic hydroxyl groups is 1. The molecule has 0 fully saturated rings. The molecule has 71 heavy (non-hydrogen) atoms. The fourth-order valence-corrected chi connectivity index (χ4v) is 9.17. The average molecular weight is 970 g/mol. The molecule has 0 saturated carbocycles. The molecule has 3 aliphatic rings. The number of carbonyl (C=O) groups is 2. The summed E-state index contributed by atoms with van der Waals surface area (Å²) in [5.74, 6) is 1.57. The third-order valence-electron chi connectivity index (χ3n) is 13.7. The van der Waals surface area contributed by atoms with Crippen molar-refractivity contribution in [3.05, 3.63) is 137 Å². The Hall–Kier alpha value is -6.57. The highest BCUT2D eigenvalue weighted by Gasteiger charge is 2.41. The number of imidazole rings is 1. The first-order valence-electron chi connectivity index (χ1n) is 24.6. The van der Waals surface area contributed by atoms with E-state index in [2.05, 4.69) is 81.5 Å². The molecular weight excluding hydrogens is 897 g/mol. The van der Waals surface area contributed by atoms with Crippen molar-refractivity contribution in [2.75, 3.05) is 20.3 Å². The van der Waals surface area contributed by atoms with Crippen molar-refractivity contribution in [1.29, 1.82) is 0 Å². The van der Waals surface area contributed by atoms with E-state index in [4.69, 9.17) is 29.3 Å². The Bertz CT molecular complexity index is 2670. The van der Waals surface area contributed by atoms with Gasteiger partial charge in [0, 0.05) is 53.1 Å². The Kier molecular flexibility index (Phi) is 17.2. The summed E-state index contributed by atoms with van der Waals surface area (Å²) in [6.45, 7) is 22.4. The van der Waals surface area contributed by atoms with Crippen LogP contribution in [0.25, 0.3) is 0 Å². The van der Waals surface area contributed by atoms with Gasteiger partial charge in [-0.3, -0.25) is 29.5 Å². The SMILES string of the molecule is CC1(C)CCC(C)(C)c2nc(CO)cnc21.CCOC(=O)C[C@@H](c1ccc(OCc2cnc3c(n2)C(C)(C)CCC3(C)C)cc1)c1nccn1C.CCOC(=O)C[C@H](C1=N[C+]=CN1C)c1ccc(O)cc1. The van der Waals surface area contributed by atoms with E-state index in [1.165, 1.54) is 0 Å². The lowest BCUT2D eigenvalue weighted by atomic mass is 9.67. The van der Waals surface area contributed by atoms with E-state index in [0.717, 1.165) is 82.7 Å². The number of rotatable bonds is 14. The van der Waals surface area contributed by atoms with Gasteiger partial charge in [-0.1, -0.05) is 79.7 Å². The highest BCUT2D eigenvalue weighted by atomic mass is 16.5. The number of likely N-dealkylation sites (N-methyl/N-ethyl adjacent to an activating group) is 1. The predicted molar refractivity (Wildman–Crippen MR) is 273 cm³/mol. The summed E-state index contributed by atoms with van der Waals surface area (Å²) in [5, 5.41) is 18.5. The third kappa shape index (κ3) is 13.2. The van der Waals surface area contributed by atoms with E-state index in [0.29, 0.717) is 25.5 Å². The fraction of sp³-hybridized carbons (Fsp3) is 0.500. The number of ether oxygens (including phenoxy) is 3. The van der Waals surface area contributed by atoms with Gasteiger partial charge in [0.1, 0.15) is 29.8 Å². The highest BCUT2D eigenvalue weighted by molar-refractivity contribution is 5.94. The largest absolute Gasteiger partial charge is 0.508 e. The van der Waals surface area contributed by atoms with Crippen molar-refractivity contribution in [2.24, 2.45) is 12.0 Å². The molecule has 2 aromatic carbocycles. The number of aliphatic hydroxyl groups excluding tert-OH is 1. The van der Waals surface area contributed by atoms with Gasteiger partial charge in [0.25, 0.3) is 5.84 Å². The number of hydrogen-bond acceptors (Lipinski definition) is 14. The number of esters is 2. The summed E-state index contributed by atoms with van der Waals surface area (Å²) in [7, 11) is 3.79. The lowest BCUT2D eigenvalue weighted by Gasteiger charge is -2.39. The van der Waals surface area contributed by atoms with Crippen molar-refractivity contribution >= 4 is 17.8 Å².